The van der Waals surface area contributed by atoms with E-state index >= 15 is 0 Å². The minimum Gasteiger partial charge on any atom is -0.309 e. The van der Waals surface area contributed by atoms with E-state index < -0.39 is 0 Å². The predicted molar refractivity (Wildman–Crippen MR) is 259 cm³/mol. The van der Waals surface area contributed by atoms with Crippen LogP contribution in [-0.2, 0) is 37.9 Å². The van der Waals surface area contributed by atoms with Gasteiger partial charge >= 0.3 is 0 Å². The van der Waals surface area contributed by atoms with Gasteiger partial charge < -0.3 is 4.90 Å². The van der Waals surface area contributed by atoms with Crippen LogP contribution in [0.5, 0.6) is 0 Å². The Morgan fingerprint density at radius 1 is 0.333 bits per heavy atom. The molecule has 4 aliphatic rings. The van der Waals surface area contributed by atoms with Gasteiger partial charge in [-0.15, -0.1) is 0 Å². The van der Waals surface area contributed by atoms with Gasteiger partial charge in [0.15, 0.2) is 0 Å². The molecule has 9 rings (SSSR count). The summed E-state index contributed by atoms with van der Waals surface area (Å²) in [5.41, 5.74) is 24.7. The standard InChI is InChI=1S/C59H73N/c1-36-47(26-24-44-50(36)56(9,10)31-28-54(44,5)6)60(48-27-25-45-51(37(48)2)57(11,12)32-29-55(45,7)8)49-35-46-40(38-20-17-18-22-42(38)59(46,15)16)34-41(49)39-21-19-23-43-52(39)58(13,14)33-30-53(43,3)4/h17-27,34-35H,28-33H2,1-16H3. The first-order valence-electron chi connectivity index (χ1n) is 23.3. The molecule has 0 bridgehead atoms. The van der Waals surface area contributed by atoms with Gasteiger partial charge in [-0.05, 0) is 181 Å². The second kappa shape index (κ2) is 13.0. The summed E-state index contributed by atoms with van der Waals surface area (Å²) in [6, 6.07) is 31.8. The number of rotatable bonds is 4. The number of nitrogens with zero attached hydrogens (tertiary/aromatic N) is 1. The fourth-order valence-corrected chi connectivity index (χ4v) is 13.0. The third kappa shape index (κ3) is 5.90. The molecule has 0 aromatic heterocycles. The molecule has 1 heteroatoms. The molecule has 0 saturated carbocycles. The Balaban J connectivity index is 1.45. The number of hydrogen-bond acceptors (Lipinski definition) is 1. The molecule has 0 spiro atoms. The molecule has 0 saturated heterocycles. The Bertz CT molecular complexity index is 2510. The first kappa shape index (κ1) is 41.3. The maximum Gasteiger partial charge on any atom is 0.0543 e. The Morgan fingerprint density at radius 3 is 1.27 bits per heavy atom. The molecule has 5 aromatic rings. The molecule has 0 fully saturated rings. The third-order valence-electron chi connectivity index (χ3n) is 17.0. The van der Waals surface area contributed by atoms with Crippen LogP contribution in [0.1, 0.15) is 191 Å². The minimum atomic E-state index is -0.143. The molecule has 4 aliphatic carbocycles. The zero-order valence-corrected chi connectivity index (χ0v) is 40.2. The summed E-state index contributed by atoms with van der Waals surface area (Å²) in [6.45, 7) is 39.6. The molecule has 5 aromatic carbocycles. The number of hydrogen-bond donors (Lipinski definition) is 0. The largest absolute Gasteiger partial charge is 0.309 e. The van der Waals surface area contributed by atoms with Crippen LogP contribution >= 0.6 is 0 Å². The topological polar surface area (TPSA) is 3.24 Å². The Hall–Kier alpha value is -4.10. The van der Waals surface area contributed by atoms with Crippen LogP contribution in [0.15, 0.2) is 78.9 Å². The average Bonchev–Trinajstić information content (AvgIpc) is 3.40. The summed E-state index contributed by atoms with van der Waals surface area (Å²) >= 11 is 0. The summed E-state index contributed by atoms with van der Waals surface area (Å²) in [5, 5.41) is 0. The van der Waals surface area contributed by atoms with E-state index in [1.807, 2.05) is 0 Å². The molecule has 0 amide bonds. The first-order chi connectivity index (χ1) is 27.8. The van der Waals surface area contributed by atoms with Gasteiger partial charge in [0.25, 0.3) is 0 Å². The van der Waals surface area contributed by atoms with Gasteiger partial charge in [0.1, 0.15) is 0 Å². The Morgan fingerprint density at radius 2 is 0.750 bits per heavy atom. The second-order valence-electron chi connectivity index (χ2n) is 24.2. The van der Waals surface area contributed by atoms with Crippen molar-refractivity contribution in [2.24, 2.45) is 0 Å². The van der Waals surface area contributed by atoms with Gasteiger partial charge in [-0.1, -0.05) is 152 Å². The van der Waals surface area contributed by atoms with E-state index in [1.54, 1.807) is 11.1 Å². The van der Waals surface area contributed by atoms with Crippen molar-refractivity contribution in [3.05, 3.63) is 134 Å². The van der Waals surface area contributed by atoms with E-state index in [9.17, 15) is 0 Å². The van der Waals surface area contributed by atoms with Gasteiger partial charge in [0.05, 0.1) is 5.69 Å². The molecule has 0 radical (unpaired) electrons. The lowest BCUT2D eigenvalue weighted by Crippen LogP contribution is -2.36. The van der Waals surface area contributed by atoms with Gasteiger partial charge in [-0.2, -0.15) is 0 Å². The van der Waals surface area contributed by atoms with Crippen LogP contribution in [0, 0.1) is 13.8 Å². The highest BCUT2D eigenvalue weighted by atomic mass is 15.2. The Labute approximate surface area is 364 Å². The molecule has 314 valence electrons. The zero-order chi connectivity index (χ0) is 43.3. The van der Waals surface area contributed by atoms with Gasteiger partial charge in [-0.3, -0.25) is 0 Å². The smallest absolute Gasteiger partial charge is 0.0543 e. The van der Waals surface area contributed by atoms with Crippen LogP contribution in [0.4, 0.5) is 17.1 Å². The summed E-state index contributed by atoms with van der Waals surface area (Å²) in [7, 11) is 0. The molecule has 0 unspecified atom stereocenters. The fourth-order valence-electron chi connectivity index (χ4n) is 13.0. The monoisotopic (exact) mass is 796 g/mol. The van der Waals surface area contributed by atoms with E-state index in [4.69, 9.17) is 0 Å². The van der Waals surface area contributed by atoms with Crippen molar-refractivity contribution in [3.8, 4) is 22.3 Å². The highest BCUT2D eigenvalue weighted by Crippen LogP contribution is 2.59. The Kier molecular flexibility index (Phi) is 8.92. The molecule has 0 N–H and O–H groups in total. The highest BCUT2D eigenvalue weighted by molar-refractivity contribution is 5.97. The lowest BCUT2D eigenvalue weighted by atomic mass is 9.61. The third-order valence-corrected chi connectivity index (χ3v) is 17.0. The predicted octanol–water partition coefficient (Wildman–Crippen LogP) is 16.8. The number of fused-ring (bicyclic) bond motifs is 6. The van der Waals surface area contributed by atoms with Crippen molar-refractivity contribution in [1.29, 1.82) is 0 Å². The zero-order valence-electron chi connectivity index (χ0n) is 40.2. The quantitative estimate of drug-likeness (QED) is 0.175. The van der Waals surface area contributed by atoms with Crippen LogP contribution in [0.3, 0.4) is 0 Å². The van der Waals surface area contributed by atoms with Crippen LogP contribution in [-0.4, -0.2) is 0 Å². The maximum absolute atomic E-state index is 2.76. The van der Waals surface area contributed by atoms with Crippen LogP contribution < -0.4 is 4.90 Å². The summed E-state index contributed by atoms with van der Waals surface area (Å²) < 4.78 is 0. The summed E-state index contributed by atoms with van der Waals surface area (Å²) in [4.78, 5) is 2.76. The molecule has 0 aliphatic heterocycles. The van der Waals surface area contributed by atoms with E-state index in [2.05, 4.69) is 195 Å². The first-order valence-corrected chi connectivity index (χ1v) is 23.3. The van der Waals surface area contributed by atoms with E-state index in [0.717, 1.165) is 0 Å². The van der Waals surface area contributed by atoms with Crippen molar-refractivity contribution < 1.29 is 0 Å². The molecule has 0 heterocycles. The average molecular weight is 796 g/mol. The fraction of sp³-hybridized carbons (Fsp3) is 0.492. The second-order valence-corrected chi connectivity index (χ2v) is 24.2. The van der Waals surface area contributed by atoms with Crippen LogP contribution in [0.2, 0.25) is 0 Å². The van der Waals surface area contributed by atoms with Gasteiger partial charge in [-0.25, -0.2) is 0 Å². The molecule has 1 nitrogen and oxygen atoms in total. The van der Waals surface area contributed by atoms with Gasteiger partial charge in [0, 0.05) is 22.4 Å². The van der Waals surface area contributed by atoms with Crippen molar-refractivity contribution in [1.82, 2.24) is 0 Å². The minimum absolute atomic E-state index is 0.0361. The molecule has 0 atom stereocenters. The molecular weight excluding hydrogens is 723 g/mol. The highest BCUT2D eigenvalue weighted by Gasteiger charge is 2.44. The van der Waals surface area contributed by atoms with Crippen molar-refractivity contribution in [3.63, 3.8) is 0 Å². The SMILES string of the molecule is Cc1c(N(c2cc3c(cc2-c2cccc4c2C(C)(C)CCC4(C)C)-c2ccccc2C3(C)C)c2ccc3c(c2C)C(C)(C)CCC3(C)C)ccc2c1C(C)(C)CCC2(C)C. The summed E-state index contributed by atoms with van der Waals surface area (Å²) in [5.74, 6) is 0. The van der Waals surface area contributed by atoms with Gasteiger partial charge in [0.2, 0.25) is 0 Å². The molecular formula is C59H73N. The normalized spacial score (nSPS) is 21.5. The molecule has 60 heavy (non-hydrogen) atoms. The maximum atomic E-state index is 2.76. The van der Waals surface area contributed by atoms with E-state index in [1.165, 1.54) is 122 Å². The lowest BCUT2D eigenvalue weighted by Gasteiger charge is -2.46. The van der Waals surface area contributed by atoms with E-state index in [-0.39, 0.29) is 37.9 Å². The van der Waals surface area contributed by atoms with Crippen molar-refractivity contribution >= 4 is 17.1 Å². The number of anilines is 3. The van der Waals surface area contributed by atoms with Crippen molar-refractivity contribution in [2.75, 3.05) is 4.90 Å². The van der Waals surface area contributed by atoms with Crippen molar-refractivity contribution in [2.45, 2.75) is 187 Å². The van der Waals surface area contributed by atoms with E-state index in [0.29, 0.717) is 0 Å². The van der Waals surface area contributed by atoms with Crippen LogP contribution in [0.25, 0.3) is 22.3 Å². The number of benzene rings is 5. The lowest BCUT2D eigenvalue weighted by molar-refractivity contribution is 0.330. The summed E-state index contributed by atoms with van der Waals surface area (Å²) in [6.07, 6.45) is 7.17.